The first-order valence-electron chi connectivity index (χ1n) is 8.60. The number of amides is 1. The molecule has 146 valence electrons. The van der Waals surface area contributed by atoms with Gasteiger partial charge in [-0.15, -0.1) is 0 Å². The summed E-state index contributed by atoms with van der Waals surface area (Å²) >= 11 is 13.5. The predicted molar refractivity (Wildman–Crippen MR) is 109 cm³/mol. The van der Waals surface area contributed by atoms with Gasteiger partial charge in [-0.25, -0.2) is 8.42 Å². The monoisotopic (exact) mass is 438 g/mol. The van der Waals surface area contributed by atoms with Crippen LogP contribution in [0.5, 0.6) is 0 Å². The maximum absolute atomic E-state index is 12.7. The molecule has 1 aliphatic carbocycles. The molecule has 1 saturated carbocycles. The Balaban J connectivity index is 2.14. The summed E-state index contributed by atoms with van der Waals surface area (Å²) in [6, 6.07) is 3.51. The third kappa shape index (κ3) is 6.30. The molecule has 1 aliphatic rings. The lowest BCUT2D eigenvalue weighted by Crippen LogP contribution is -2.50. The van der Waals surface area contributed by atoms with Crippen LogP contribution in [0, 0.1) is 0 Å². The minimum Gasteiger partial charge on any atom is -0.352 e. The number of halogens is 2. The van der Waals surface area contributed by atoms with Crippen molar-refractivity contribution in [1.82, 2.24) is 10.0 Å². The lowest BCUT2D eigenvalue weighted by Gasteiger charge is -2.26. The molecule has 1 unspecified atom stereocenters. The van der Waals surface area contributed by atoms with Crippen molar-refractivity contribution in [2.75, 3.05) is 12.0 Å². The Labute approximate surface area is 169 Å². The lowest BCUT2D eigenvalue weighted by molar-refractivity contribution is -0.123. The molecule has 1 aromatic rings. The fourth-order valence-electron chi connectivity index (χ4n) is 2.96. The predicted octanol–water partition coefficient (Wildman–Crippen LogP) is 3.84. The summed E-state index contributed by atoms with van der Waals surface area (Å²) < 4.78 is 28.0. The average molecular weight is 439 g/mol. The van der Waals surface area contributed by atoms with Crippen LogP contribution in [0.3, 0.4) is 0 Å². The number of benzene rings is 1. The van der Waals surface area contributed by atoms with Crippen molar-refractivity contribution in [3.63, 3.8) is 0 Å². The van der Waals surface area contributed by atoms with Crippen LogP contribution in [0.25, 0.3) is 0 Å². The van der Waals surface area contributed by atoms with Crippen LogP contribution in [0.15, 0.2) is 23.1 Å². The third-order valence-corrected chi connectivity index (χ3v) is 7.19. The molecule has 2 rings (SSSR count). The number of carbonyl (C=O) groups is 1. The number of hydrogen-bond acceptors (Lipinski definition) is 4. The second-order valence-corrected chi connectivity index (χ2v) is 9.89. The van der Waals surface area contributed by atoms with E-state index in [2.05, 4.69) is 10.0 Å². The van der Waals surface area contributed by atoms with E-state index in [1.807, 2.05) is 6.26 Å². The van der Waals surface area contributed by atoms with Crippen LogP contribution in [0.4, 0.5) is 0 Å². The van der Waals surface area contributed by atoms with E-state index >= 15 is 0 Å². The maximum atomic E-state index is 12.7. The fraction of sp³-hybridized carbons (Fsp3) is 0.588. The highest BCUT2D eigenvalue weighted by atomic mass is 35.5. The highest BCUT2D eigenvalue weighted by molar-refractivity contribution is 7.98. The van der Waals surface area contributed by atoms with Gasteiger partial charge in [0.05, 0.1) is 5.02 Å². The minimum absolute atomic E-state index is 0.0678. The van der Waals surface area contributed by atoms with Gasteiger partial charge in [0.15, 0.2) is 0 Å². The zero-order valence-electron chi connectivity index (χ0n) is 14.6. The van der Waals surface area contributed by atoms with Crippen molar-refractivity contribution in [3.8, 4) is 0 Å². The molecule has 0 spiro atoms. The molecule has 26 heavy (non-hydrogen) atoms. The standard InChI is InChI=1S/C17H24Cl2N2O3S2/c1-25-10-9-15(17(22)20-13-5-3-2-4-6-13)21-26(23,24)16-11-12(18)7-8-14(16)19/h7-8,11,13,15,21H,2-6,9-10H2,1H3,(H,20,22). The molecule has 1 aromatic carbocycles. The molecule has 0 heterocycles. The summed E-state index contributed by atoms with van der Waals surface area (Å²) in [4.78, 5) is 12.6. The van der Waals surface area contributed by atoms with Gasteiger partial charge in [-0.05, 0) is 49.5 Å². The number of hydrogen-bond donors (Lipinski definition) is 2. The van der Waals surface area contributed by atoms with E-state index in [9.17, 15) is 13.2 Å². The van der Waals surface area contributed by atoms with E-state index in [0.717, 1.165) is 25.7 Å². The van der Waals surface area contributed by atoms with Crippen molar-refractivity contribution in [3.05, 3.63) is 28.2 Å². The van der Waals surface area contributed by atoms with Gasteiger partial charge in [0.25, 0.3) is 0 Å². The molecule has 0 aromatic heterocycles. The second-order valence-electron chi connectivity index (χ2n) is 6.37. The Morgan fingerprint density at radius 1 is 1.27 bits per heavy atom. The molecule has 0 radical (unpaired) electrons. The number of nitrogens with one attached hydrogen (secondary N) is 2. The average Bonchev–Trinajstić information content (AvgIpc) is 2.61. The van der Waals surface area contributed by atoms with Crippen LogP contribution >= 0.6 is 35.0 Å². The van der Waals surface area contributed by atoms with Gasteiger partial charge >= 0.3 is 0 Å². The van der Waals surface area contributed by atoms with E-state index in [0.29, 0.717) is 12.2 Å². The topological polar surface area (TPSA) is 75.3 Å². The van der Waals surface area contributed by atoms with Crippen molar-refractivity contribution in [2.45, 2.75) is 55.5 Å². The Hall–Kier alpha value is -0.470. The van der Waals surface area contributed by atoms with Gasteiger partial charge in [0.1, 0.15) is 10.9 Å². The van der Waals surface area contributed by atoms with Crippen LogP contribution in [-0.4, -0.2) is 38.4 Å². The van der Waals surface area contributed by atoms with E-state index in [1.165, 1.54) is 24.6 Å². The Morgan fingerprint density at radius 3 is 2.62 bits per heavy atom. The molecule has 0 bridgehead atoms. The normalized spacial score (nSPS) is 17.0. The van der Waals surface area contributed by atoms with Crippen molar-refractivity contribution < 1.29 is 13.2 Å². The molecule has 1 fully saturated rings. The van der Waals surface area contributed by atoms with Gasteiger partial charge in [0.2, 0.25) is 15.9 Å². The summed E-state index contributed by atoms with van der Waals surface area (Å²) in [6.45, 7) is 0. The van der Waals surface area contributed by atoms with E-state index in [1.54, 1.807) is 11.8 Å². The van der Waals surface area contributed by atoms with E-state index in [4.69, 9.17) is 23.2 Å². The first-order valence-corrected chi connectivity index (χ1v) is 12.2. The molecular formula is C17H24Cl2N2O3S2. The van der Waals surface area contributed by atoms with Crippen molar-refractivity contribution >= 4 is 50.9 Å². The van der Waals surface area contributed by atoms with Gasteiger partial charge in [0, 0.05) is 11.1 Å². The second kappa shape index (κ2) is 10.2. The maximum Gasteiger partial charge on any atom is 0.242 e. The molecule has 0 aliphatic heterocycles. The van der Waals surface area contributed by atoms with Gasteiger partial charge < -0.3 is 5.32 Å². The van der Waals surface area contributed by atoms with Gasteiger partial charge in [-0.2, -0.15) is 16.5 Å². The number of sulfonamides is 1. The zero-order chi connectivity index (χ0) is 19.2. The highest BCUT2D eigenvalue weighted by Gasteiger charge is 2.28. The largest absolute Gasteiger partial charge is 0.352 e. The molecule has 0 saturated heterocycles. The van der Waals surface area contributed by atoms with E-state index < -0.39 is 16.1 Å². The van der Waals surface area contributed by atoms with Crippen LogP contribution in [0.2, 0.25) is 10.0 Å². The SMILES string of the molecule is CSCCC(NS(=O)(=O)c1cc(Cl)ccc1Cl)C(=O)NC1CCCCC1. The number of thioether (sulfide) groups is 1. The Kier molecular flexibility index (Phi) is 8.54. The van der Waals surface area contributed by atoms with Gasteiger partial charge in [-0.1, -0.05) is 42.5 Å². The number of carbonyl (C=O) groups excluding carboxylic acids is 1. The highest BCUT2D eigenvalue weighted by Crippen LogP contribution is 2.25. The Morgan fingerprint density at radius 2 is 1.96 bits per heavy atom. The van der Waals surface area contributed by atoms with Crippen LogP contribution < -0.4 is 10.0 Å². The summed E-state index contributed by atoms with van der Waals surface area (Å²) in [5.74, 6) is 0.377. The zero-order valence-corrected chi connectivity index (χ0v) is 17.8. The summed E-state index contributed by atoms with van der Waals surface area (Å²) in [5.41, 5.74) is 0. The Bertz CT molecular complexity index is 723. The molecule has 2 N–H and O–H groups in total. The molecule has 5 nitrogen and oxygen atoms in total. The van der Waals surface area contributed by atoms with Gasteiger partial charge in [-0.3, -0.25) is 4.79 Å². The summed E-state index contributed by atoms with van der Waals surface area (Å²) in [7, 11) is -3.97. The van der Waals surface area contributed by atoms with E-state index in [-0.39, 0.29) is 26.9 Å². The molecule has 1 amide bonds. The molecule has 9 heteroatoms. The quantitative estimate of drug-likeness (QED) is 0.646. The molecular weight excluding hydrogens is 415 g/mol. The van der Waals surface area contributed by atoms with Crippen molar-refractivity contribution in [2.24, 2.45) is 0 Å². The molecule has 1 atom stereocenters. The number of rotatable bonds is 8. The van der Waals surface area contributed by atoms with Crippen LogP contribution in [0.1, 0.15) is 38.5 Å². The first kappa shape index (κ1) is 21.8. The fourth-order valence-corrected chi connectivity index (χ4v) is 5.43. The van der Waals surface area contributed by atoms with Crippen LogP contribution in [-0.2, 0) is 14.8 Å². The smallest absolute Gasteiger partial charge is 0.242 e. The summed E-state index contributed by atoms with van der Waals surface area (Å²) in [6.07, 6.45) is 7.55. The first-order chi connectivity index (χ1) is 12.3. The summed E-state index contributed by atoms with van der Waals surface area (Å²) in [5, 5.41) is 3.33. The minimum atomic E-state index is -3.97. The lowest BCUT2D eigenvalue weighted by atomic mass is 9.95. The third-order valence-electron chi connectivity index (χ3n) is 4.36. The van der Waals surface area contributed by atoms with Crippen molar-refractivity contribution in [1.29, 1.82) is 0 Å².